The van der Waals surface area contributed by atoms with E-state index in [4.69, 9.17) is 4.74 Å². The molecule has 0 amide bonds. The van der Waals surface area contributed by atoms with E-state index in [0.29, 0.717) is 6.61 Å². The Hall–Kier alpha value is -1.09. The molecule has 0 saturated heterocycles. The van der Waals surface area contributed by atoms with Crippen LogP contribution < -0.4 is 0 Å². The molecule has 1 aliphatic carbocycles. The van der Waals surface area contributed by atoms with Gasteiger partial charge in [0.25, 0.3) is 0 Å². The van der Waals surface area contributed by atoms with Crippen molar-refractivity contribution in [3.8, 4) is 0 Å². The summed E-state index contributed by atoms with van der Waals surface area (Å²) in [5, 5.41) is 9.92. The first-order valence-corrected chi connectivity index (χ1v) is 8.23. The van der Waals surface area contributed by atoms with Crippen molar-refractivity contribution < 1.29 is 14.6 Å². The minimum atomic E-state index is -0.743. The van der Waals surface area contributed by atoms with E-state index >= 15 is 0 Å². The molecule has 0 aromatic heterocycles. The first kappa shape index (κ1) is 18.0. The number of carboxylic acid groups (broad SMARTS) is 1. The number of unbranched alkanes of at least 4 members (excludes halogenated alkanes) is 2. The van der Waals surface area contributed by atoms with Crippen molar-refractivity contribution in [3.05, 3.63) is 23.8 Å². The fourth-order valence-corrected chi connectivity index (χ4v) is 3.38. The predicted molar refractivity (Wildman–Crippen MR) is 86.3 cm³/mol. The second kappa shape index (κ2) is 9.04. The summed E-state index contributed by atoms with van der Waals surface area (Å²) in [5.41, 5.74) is 0.531. The maximum absolute atomic E-state index is 12.1. The van der Waals surface area contributed by atoms with E-state index < -0.39 is 11.4 Å². The van der Waals surface area contributed by atoms with E-state index in [0.717, 1.165) is 44.9 Å². The van der Waals surface area contributed by atoms with E-state index in [1.807, 2.05) is 12.2 Å². The summed E-state index contributed by atoms with van der Waals surface area (Å²) >= 11 is 0. The van der Waals surface area contributed by atoms with Crippen molar-refractivity contribution in [1.29, 1.82) is 0 Å². The van der Waals surface area contributed by atoms with Crippen molar-refractivity contribution in [2.24, 2.45) is 11.3 Å². The minimum absolute atomic E-state index is 0.0664. The van der Waals surface area contributed by atoms with Gasteiger partial charge < -0.3 is 9.84 Å². The molecule has 1 N–H and O–H groups in total. The summed E-state index contributed by atoms with van der Waals surface area (Å²) in [6, 6.07) is 0. The number of ether oxygens (including phenoxy) is 1. The molecule has 0 aromatic rings. The molecule has 120 valence electrons. The Balaban J connectivity index is 3.02. The maximum atomic E-state index is 12.1. The fourth-order valence-electron chi connectivity index (χ4n) is 3.38. The SMILES string of the molecule is CCCCCC1(C(=O)O)C=CC=C(CCC)C1CCOC. The van der Waals surface area contributed by atoms with Gasteiger partial charge in [-0.3, -0.25) is 4.79 Å². The third-order valence-corrected chi connectivity index (χ3v) is 4.51. The Bertz CT molecular complexity index is 384. The Morgan fingerprint density at radius 3 is 2.67 bits per heavy atom. The summed E-state index contributed by atoms with van der Waals surface area (Å²) in [6.07, 6.45) is 12.7. The molecule has 2 atom stereocenters. The summed E-state index contributed by atoms with van der Waals surface area (Å²) in [5.74, 6) is -0.616. The van der Waals surface area contributed by atoms with Gasteiger partial charge in [0, 0.05) is 19.6 Å². The van der Waals surface area contributed by atoms with Crippen LogP contribution in [0.1, 0.15) is 58.8 Å². The van der Waals surface area contributed by atoms with E-state index in [-0.39, 0.29) is 5.92 Å². The lowest BCUT2D eigenvalue weighted by molar-refractivity contribution is -0.149. The van der Waals surface area contributed by atoms with Gasteiger partial charge in [0.2, 0.25) is 0 Å². The molecule has 0 spiro atoms. The molecule has 1 aliphatic rings. The number of rotatable bonds is 10. The van der Waals surface area contributed by atoms with Crippen LogP contribution in [0.4, 0.5) is 0 Å². The molecule has 0 aromatic carbocycles. The van der Waals surface area contributed by atoms with Crippen molar-refractivity contribution in [2.45, 2.75) is 58.8 Å². The largest absolute Gasteiger partial charge is 0.481 e. The van der Waals surface area contributed by atoms with E-state index in [1.54, 1.807) is 7.11 Å². The average molecular weight is 294 g/mol. The van der Waals surface area contributed by atoms with E-state index in [9.17, 15) is 9.90 Å². The zero-order chi connectivity index (χ0) is 15.7. The highest BCUT2D eigenvalue weighted by Crippen LogP contribution is 2.45. The van der Waals surface area contributed by atoms with Crippen LogP contribution in [-0.4, -0.2) is 24.8 Å². The summed E-state index contributed by atoms with van der Waals surface area (Å²) in [4.78, 5) is 12.1. The van der Waals surface area contributed by atoms with Crippen LogP contribution in [-0.2, 0) is 9.53 Å². The second-order valence-electron chi connectivity index (χ2n) is 5.99. The Labute approximate surface area is 129 Å². The Morgan fingerprint density at radius 2 is 2.10 bits per heavy atom. The quantitative estimate of drug-likeness (QED) is 0.600. The van der Waals surface area contributed by atoms with Gasteiger partial charge in [0.15, 0.2) is 0 Å². The summed E-state index contributed by atoms with van der Waals surface area (Å²) in [6.45, 7) is 4.91. The minimum Gasteiger partial charge on any atom is -0.481 e. The van der Waals surface area contributed by atoms with Gasteiger partial charge in [0.05, 0.1) is 5.41 Å². The lowest BCUT2D eigenvalue weighted by Gasteiger charge is -2.39. The van der Waals surface area contributed by atoms with Crippen molar-refractivity contribution in [3.63, 3.8) is 0 Å². The van der Waals surface area contributed by atoms with Gasteiger partial charge >= 0.3 is 5.97 Å². The number of hydrogen-bond acceptors (Lipinski definition) is 2. The monoisotopic (exact) mass is 294 g/mol. The molecule has 1 rings (SSSR count). The molecule has 3 nitrogen and oxygen atoms in total. The Kier molecular flexibility index (Phi) is 7.73. The van der Waals surface area contributed by atoms with Crippen LogP contribution in [0, 0.1) is 11.3 Å². The molecule has 0 saturated carbocycles. The third-order valence-electron chi connectivity index (χ3n) is 4.51. The lowest BCUT2D eigenvalue weighted by Crippen LogP contribution is -2.40. The average Bonchev–Trinajstić information content (AvgIpc) is 2.46. The molecule has 0 radical (unpaired) electrons. The van der Waals surface area contributed by atoms with Crippen LogP contribution in [0.15, 0.2) is 23.8 Å². The van der Waals surface area contributed by atoms with Crippen molar-refractivity contribution in [1.82, 2.24) is 0 Å². The molecule has 2 unspecified atom stereocenters. The van der Waals surface area contributed by atoms with Gasteiger partial charge in [-0.25, -0.2) is 0 Å². The normalized spacial score (nSPS) is 24.9. The van der Waals surface area contributed by atoms with Gasteiger partial charge in [0.1, 0.15) is 0 Å². The molecular formula is C18H30O3. The van der Waals surface area contributed by atoms with Crippen molar-refractivity contribution in [2.75, 3.05) is 13.7 Å². The summed E-state index contributed by atoms with van der Waals surface area (Å²) in [7, 11) is 1.68. The van der Waals surface area contributed by atoms with Crippen LogP contribution in [0.25, 0.3) is 0 Å². The molecule has 0 fully saturated rings. The molecule has 3 heteroatoms. The molecular weight excluding hydrogens is 264 g/mol. The smallest absolute Gasteiger partial charge is 0.314 e. The number of aliphatic carboxylic acids is 1. The second-order valence-corrected chi connectivity index (χ2v) is 5.99. The lowest BCUT2D eigenvalue weighted by atomic mass is 9.64. The number of methoxy groups -OCH3 is 1. The van der Waals surface area contributed by atoms with Crippen LogP contribution in [0.3, 0.4) is 0 Å². The van der Waals surface area contributed by atoms with E-state index in [2.05, 4.69) is 19.9 Å². The standard InChI is InChI=1S/C18H30O3/c1-4-6-7-12-18(17(19)20)13-8-10-15(9-5-2)16(18)11-14-21-3/h8,10,13,16H,4-7,9,11-12,14H2,1-3H3,(H,19,20). The zero-order valence-corrected chi connectivity index (χ0v) is 13.7. The van der Waals surface area contributed by atoms with Crippen LogP contribution in [0.2, 0.25) is 0 Å². The third kappa shape index (κ3) is 4.44. The first-order valence-electron chi connectivity index (χ1n) is 8.23. The number of carbonyl (C=O) groups is 1. The highest BCUT2D eigenvalue weighted by atomic mass is 16.5. The molecule has 0 heterocycles. The predicted octanol–water partition coefficient (Wildman–Crippen LogP) is 4.59. The molecule has 0 bridgehead atoms. The zero-order valence-electron chi connectivity index (χ0n) is 13.7. The Morgan fingerprint density at radius 1 is 1.33 bits per heavy atom. The number of hydrogen-bond donors (Lipinski definition) is 1. The number of allylic oxidation sites excluding steroid dienone is 3. The van der Waals surface area contributed by atoms with Crippen molar-refractivity contribution >= 4 is 5.97 Å². The first-order chi connectivity index (χ1) is 10.1. The maximum Gasteiger partial charge on any atom is 0.314 e. The van der Waals surface area contributed by atoms with Gasteiger partial charge in [-0.05, 0) is 19.3 Å². The van der Waals surface area contributed by atoms with Gasteiger partial charge in [-0.1, -0.05) is 63.3 Å². The highest BCUT2D eigenvalue weighted by molar-refractivity contribution is 5.79. The van der Waals surface area contributed by atoms with E-state index in [1.165, 1.54) is 5.57 Å². The highest BCUT2D eigenvalue weighted by Gasteiger charge is 2.45. The van der Waals surface area contributed by atoms with Gasteiger partial charge in [-0.15, -0.1) is 0 Å². The van der Waals surface area contributed by atoms with Crippen LogP contribution in [0.5, 0.6) is 0 Å². The molecule has 0 aliphatic heterocycles. The van der Waals surface area contributed by atoms with Gasteiger partial charge in [-0.2, -0.15) is 0 Å². The summed E-state index contributed by atoms with van der Waals surface area (Å²) < 4.78 is 5.23. The number of carboxylic acids is 1. The topological polar surface area (TPSA) is 46.5 Å². The van der Waals surface area contributed by atoms with Crippen LogP contribution >= 0.6 is 0 Å². The molecule has 21 heavy (non-hydrogen) atoms. The fraction of sp³-hybridized carbons (Fsp3) is 0.722.